The van der Waals surface area contributed by atoms with E-state index >= 15 is 0 Å². The summed E-state index contributed by atoms with van der Waals surface area (Å²) in [5.74, 6) is 0.366. The fraction of sp³-hybridized carbons (Fsp3) is 0.353. The predicted molar refractivity (Wildman–Crippen MR) is 81.8 cm³/mol. The number of phenols is 1. The first kappa shape index (κ1) is 14.5. The third kappa shape index (κ3) is 3.81. The molecule has 0 aliphatic heterocycles. The summed E-state index contributed by atoms with van der Waals surface area (Å²) in [4.78, 5) is 4.56. The van der Waals surface area contributed by atoms with Gasteiger partial charge in [0.15, 0.2) is 0 Å². The Morgan fingerprint density at radius 1 is 1.15 bits per heavy atom. The lowest BCUT2D eigenvalue weighted by Crippen LogP contribution is -2.28. The van der Waals surface area contributed by atoms with Crippen molar-refractivity contribution in [2.24, 2.45) is 0 Å². The molecule has 1 heterocycles. The van der Waals surface area contributed by atoms with E-state index in [4.69, 9.17) is 0 Å². The highest BCUT2D eigenvalue weighted by Gasteiger charge is 2.07. The van der Waals surface area contributed by atoms with E-state index in [-0.39, 0.29) is 6.04 Å². The Bertz CT molecular complexity index is 581. The number of para-hydroxylation sites is 1. The van der Waals surface area contributed by atoms with E-state index in [0.29, 0.717) is 5.75 Å². The van der Waals surface area contributed by atoms with Crippen molar-refractivity contribution in [3.8, 4) is 5.75 Å². The first-order chi connectivity index (χ1) is 9.56. The summed E-state index contributed by atoms with van der Waals surface area (Å²) in [6.45, 7) is 6.97. The zero-order valence-electron chi connectivity index (χ0n) is 12.4. The Kier molecular flexibility index (Phi) is 4.74. The molecule has 0 fully saturated rings. The minimum Gasteiger partial charge on any atom is -0.508 e. The molecule has 1 aromatic heterocycles. The Balaban J connectivity index is 1.90. The van der Waals surface area contributed by atoms with Crippen LogP contribution in [0, 0.1) is 13.8 Å². The highest BCUT2D eigenvalue weighted by atomic mass is 16.3. The van der Waals surface area contributed by atoms with E-state index in [0.717, 1.165) is 29.9 Å². The van der Waals surface area contributed by atoms with Gasteiger partial charge in [-0.3, -0.25) is 4.98 Å². The number of hydrogen-bond acceptors (Lipinski definition) is 3. The lowest BCUT2D eigenvalue weighted by atomic mass is 10.1. The number of aromatic nitrogens is 1. The maximum absolute atomic E-state index is 9.77. The molecular formula is C17H22N2O. The molecule has 0 saturated heterocycles. The first-order valence-corrected chi connectivity index (χ1v) is 6.99. The number of phenolic OH excluding ortho intramolecular Hbond substituents is 1. The van der Waals surface area contributed by atoms with Crippen LogP contribution in [-0.2, 0) is 13.0 Å². The van der Waals surface area contributed by atoms with Gasteiger partial charge in [0.05, 0.1) is 5.69 Å². The number of rotatable bonds is 5. The van der Waals surface area contributed by atoms with Crippen LogP contribution in [0.2, 0.25) is 0 Å². The van der Waals surface area contributed by atoms with Gasteiger partial charge in [-0.25, -0.2) is 0 Å². The first-order valence-electron chi connectivity index (χ1n) is 6.99. The molecule has 0 spiro atoms. The molecule has 0 aliphatic carbocycles. The van der Waals surface area contributed by atoms with Crippen LogP contribution >= 0.6 is 0 Å². The molecule has 3 heteroatoms. The topological polar surface area (TPSA) is 45.1 Å². The molecule has 2 rings (SSSR count). The minimum absolute atomic E-state index is 0.284. The molecule has 0 saturated carbocycles. The number of nitrogens with one attached hydrogen (secondary N) is 1. The van der Waals surface area contributed by atoms with Crippen LogP contribution in [0.15, 0.2) is 36.4 Å². The van der Waals surface area contributed by atoms with Crippen molar-refractivity contribution in [2.75, 3.05) is 0 Å². The van der Waals surface area contributed by atoms with E-state index in [9.17, 15) is 5.11 Å². The van der Waals surface area contributed by atoms with Gasteiger partial charge in [-0.05, 0) is 50.5 Å². The summed E-state index contributed by atoms with van der Waals surface area (Å²) in [5, 5.41) is 13.2. The molecule has 106 valence electrons. The molecule has 1 atom stereocenters. The predicted octanol–water partition coefficient (Wildman–Crippen LogP) is 3.12. The second-order valence-electron chi connectivity index (χ2n) is 5.32. The van der Waals surface area contributed by atoms with Crippen LogP contribution in [0.4, 0.5) is 0 Å². The summed E-state index contributed by atoms with van der Waals surface area (Å²) in [7, 11) is 0. The van der Waals surface area contributed by atoms with E-state index in [2.05, 4.69) is 36.3 Å². The van der Waals surface area contributed by atoms with Gasteiger partial charge in [-0.15, -0.1) is 0 Å². The fourth-order valence-corrected chi connectivity index (χ4v) is 2.15. The van der Waals surface area contributed by atoms with Crippen LogP contribution in [0.25, 0.3) is 0 Å². The molecule has 20 heavy (non-hydrogen) atoms. The molecule has 3 nitrogen and oxygen atoms in total. The Hall–Kier alpha value is -1.87. The van der Waals surface area contributed by atoms with Crippen molar-refractivity contribution >= 4 is 0 Å². The molecule has 0 amide bonds. The van der Waals surface area contributed by atoms with Gasteiger partial charge in [0.1, 0.15) is 5.75 Å². The zero-order valence-corrected chi connectivity index (χ0v) is 12.4. The standard InChI is InChI=1S/C17H22N2O/c1-12-8-9-16(19-14(12)3)11-18-13(2)10-15-6-4-5-7-17(15)20/h4-9,13,18,20H,10-11H2,1-3H3. The maximum atomic E-state index is 9.77. The summed E-state index contributed by atoms with van der Waals surface area (Å²) in [6, 6.07) is 11.9. The van der Waals surface area contributed by atoms with Crippen molar-refractivity contribution in [3.05, 3.63) is 58.9 Å². The summed E-state index contributed by atoms with van der Waals surface area (Å²) in [6.07, 6.45) is 0.803. The largest absolute Gasteiger partial charge is 0.508 e. The average Bonchev–Trinajstić information content (AvgIpc) is 2.43. The number of aromatic hydroxyl groups is 1. The van der Waals surface area contributed by atoms with Crippen LogP contribution in [0.3, 0.4) is 0 Å². The smallest absolute Gasteiger partial charge is 0.118 e. The number of hydrogen-bond donors (Lipinski definition) is 2. The van der Waals surface area contributed by atoms with E-state index in [1.54, 1.807) is 6.07 Å². The Labute approximate surface area is 120 Å². The van der Waals surface area contributed by atoms with Crippen LogP contribution in [0.5, 0.6) is 5.75 Å². The van der Waals surface area contributed by atoms with Crippen LogP contribution < -0.4 is 5.32 Å². The molecule has 2 N–H and O–H groups in total. The molecule has 0 bridgehead atoms. The van der Waals surface area contributed by atoms with Gasteiger partial charge in [0.25, 0.3) is 0 Å². The highest BCUT2D eigenvalue weighted by molar-refractivity contribution is 5.32. The highest BCUT2D eigenvalue weighted by Crippen LogP contribution is 2.17. The average molecular weight is 270 g/mol. The second kappa shape index (κ2) is 6.53. The number of aryl methyl sites for hydroxylation is 2. The van der Waals surface area contributed by atoms with Gasteiger partial charge in [0.2, 0.25) is 0 Å². The molecular weight excluding hydrogens is 248 g/mol. The molecule has 0 aliphatic rings. The molecule has 1 unspecified atom stereocenters. The number of benzene rings is 1. The van der Waals surface area contributed by atoms with Gasteiger partial charge in [0, 0.05) is 18.3 Å². The van der Waals surface area contributed by atoms with Crippen LogP contribution in [0.1, 0.15) is 29.4 Å². The lowest BCUT2D eigenvalue weighted by Gasteiger charge is -2.15. The third-order valence-corrected chi connectivity index (χ3v) is 3.56. The van der Waals surface area contributed by atoms with E-state index in [1.807, 2.05) is 25.1 Å². The van der Waals surface area contributed by atoms with Gasteiger partial charge in [-0.2, -0.15) is 0 Å². The van der Waals surface area contributed by atoms with E-state index < -0.39 is 0 Å². The summed E-state index contributed by atoms with van der Waals surface area (Å²) < 4.78 is 0. The zero-order chi connectivity index (χ0) is 14.5. The van der Waals surface area contributed by atoms with E-state index in [1.165, 1.54) is 5.56 Å². The normalized spacial score (nSPS) is 12.3. The van der Waals surface area contributed by atoms with Gasteiger partial charge >= 0.3 is 0 Å². The monoisotopic (exact) mass is 270 g/mol. The van der Waals surface area contributed by atoms with Crippen molar-refractivity contribution < 1.29 is 5.11 Å². The quantitative estimate of drug-likeness (QED) is 0.877. The molecule has 0 radical (unpaired) electrons. The third-order valence-electron chi connectivity index (χ3n) is 3.56. The SMILES string of the molecule is Cc1ccc(CNC(C)Cc2ccccc2O)nc1C. The minimum atomic E-state index is 0.284. The van der Waals surface area contributed by atoms with Gasteiger partial charge in [-0.1, -0.05) is 24.3 Å². The lowest BCUT2D eigenvalue weighted by molar-refractivity contribution is 0.458. The molecule has 2 aromatic rings. The summed E-state index contributed by atoms with van der Waals surface area (Å²) >= 11 is 0. The second-order valence-corrected chi connectivity index (χ2v) is 5.32. The Morgan fingerprint density at radius 3 is 2.60 bits per heavy atom. The van der Waals surface area contributed by atoms with Gasteiger partial charge < -0.3 is 10.4 Å². The summed E-state index contributed by atoms with van der Waals surface area (Å²) in [5.41, 5.74) is 4.33. The fourth-order valence-electron chi connectivity index (χ4n) is 2.15. The van der Waals surface area contributed by atoms with Crippen molar-refractivity contribution in [3.63, 3.8) is 0 Å². The van der Waals surface area contributed by atoms with Crippen molar-refractivity contribution in [1.29, 1.82) is 0 Å². The maximum Gasteiger partial charge on any atom is 0.118 e. The van der Waals surface area contributed by atoms with Crippen molar-refractivity contribution in [1.82, 2.24) is 10.3 Å². The number of pyridine rings is 1. The molecule has 1 aromatic carbocycles. The van der Waals surface area contributed by atoms with Crippen LogP contribution in [-0.4, -0.2) is 16.1 Å². The number of nitrogens with zero attached hydrogens (tertiary/aromatic N) is 1. The Morgan fingerprint density at radius 2 is 1.90 bits per heavy atom. The van der Waals surface area contributed by atoms with Crippen molar-refractivity contribution in [2.45, 2.75) is 39.8 Å².